The zero-order valence-electron chi connectivity index (χ0n) is 13.3. The number of hydrogen-bond donors (Lipinski definition) is 1. The van der Waals surface area contributed by atoms with Crippen molar-refractivity contribution in [1.29, 1.82) is 0 Å². The third-order valence-corrected chi connectivity index (χ3v) is 4.21. The molecule has 0 bridgehead atoms. The molecule has 2 aromatic rings. The summed E-state index contributed by atoms with van der Waals surface area (Å²) in [4.78, 5) is 13.9. The first-order valence-corrected chi connectivity index (χ1v) is 7.92. The Hall–Kier alpha value is -2.33. The Kier molecular flexibility index (Phi) is 4.63. The SMILES string of the molecule is Cc1cccc(CN2CC(Oc3ccccc3)CC2C(N)=O)c1. The molecule has 4 heteroatoms. The lowest BCUT2D eigenvalue weighted by molar-refractivity contribution is -0.122. The van der Waals surface area contributed by atoms with Crippen LogP contribution in [-0.4, -0.2) is 29.5 Å². The van der Waals surface area contributed by atoms with Gasteiger partial charge in [-0.2, -0.15) is 0 Å². The van der Waals surface area contributed by atoms with Gasteiger partial charge in [0.05, 0.1) is 6.04 Å². The minimum absolute atomic E-state index is 0.0142. The molecule has 0 aromatic heterocycles. The molecule has 0 saturated carbocycles. The summed E-state index contributed by atoms with van der Waals surface area (Å²) in [6, 6.07) is 17.8. The van der Waals surface area contributed by atoms with Crippen LogP contribution in [0.25, 0.3) is 0 Å². The predicted octanol–water partition coefficient (Wildman–Crippen LogP) is 2.50. The molecule has 2 unspecified atom stereocenters. The van der Waals surface area contributed by atoms with Crippen molar-refractivity contribution in [3.05, 3.63) is 65.7 Å². The van der Waals surface area contributed by atoms with Crippen molar-refractivity contribution < 1.29 is 9.53 Å². The number of carbonyl (C=O) groups excluding carboxylic acids is 1. The highest BCUT2D eigenvalue weighted by atomic mass is 16.5. The second-order valence-electron chi connectivity index (χ2n) is 6.13. The minimum atomic E-state index is -0.281. The second kappa shape index (κ2) is 6.84. The van der Waals surface area contributed by atoms with Gasteiger partial charge >= 0.3 is 0 Å². The first-order valence-electron chi connectivity index (χ1n) is 7.92. The van der Waals surface area contributed by atoms with Crippen molar-refractivity contribution in [3.8, 4) is 5.75 Å². The van der Waals surface area contributed by atoms with Gasteiger partial charge in [0.15, 0.2) is 0 Å². The minimum Gasteiger partial charge on any atom is -0.489 e. The Balaban J connectivity index is 1.70. The number of benzene rings is 2. The molecular formula is C19H22N2O2. The van der Waals surface area contributed by atoms with Crippen LogP contribution in [-0.2, 0) is 11.3 Å². The number of nitrogens with zero attached hydrogens (tertiary/aromatic N) is 1. The van der Waals surface area contributed by atoms with Crippen molar-refractivity contribution in [2.75, 3.05) is 6.54 Å². The maximum Gasteiger partial charge on any atom is 0.234 e. The molecule has 1 fully saturated rings. The molecule has 1 aliphatic rings. The average molecular weight is 310 g/mol. The van der Waals surface area contributed by atoms with E-state index in [1.54, 1.807) is 0 Å². The Bertz CT molecular complexity index is 672. The molecule has 0 radical (unpaired) electrons. The van der Waals surface area contributed by atoms with Gasteiger partial charge in [0.1, 0.15) is 11.9 Å². The number of hydrogen-bond acceptors (Lipinski definition) is 3. The Labute approximate surface area is 136 Å². The zero-order valence-corrected chi connectivity index (χ0v) is 13.3. The van der Waals surface area contributed by atoms with Crippen molar-refractivity contribution in [2.24, 2.45) is 5.73 Å². The monoisotopic (exact) mass is 310 g/mol. The van der Waals surface area contributed by atoms with Crippen LogP contribution in [0.4, 0.5) is 0 Å². The van der Waals surface area contributed by atoms with Gasteiger partial charge in [0.2, 0.25) is 5.91 Å². The first kappa shape index (κ1) is 15.6. The van der Waals surface area contributed by atoms with E-state index in [-0.39, 0.29) is 18.1 Å². The highest BCUT2D eigenvalue weighted by molar-refractivity contribution is 5.80. The molecule has 1 aliphatic heterocycles. The summed E-state index contributed by atoms with van der Waals surface area (Å²) in [5.41, 5.74) is 8.00. The lowest BCUT2D eigenvalue weighted by Gasteiger charge is -2.21. The van der Waals surface area contributed by atoms with E-state index in [4.69, 9.17) is 10.5 Å². The van der Waals surface area contributed by atoms with Crippen LogP contribution in [0.2, 0.25) is 0 Å². The van der Waals surface area contributed by atoms with E-state index in [0.29, 0.717) is 19.5 Å². The molecule has 0 spiro atoms. The molecular weight excluding hydrogens is 288 g/mol. The lowest BCUT2D eigenvalue weighted by Crippen LogP contribution is -2.39. The van der Waals surface area contributed by atoms with E-state index in [9.17, 15) is 4.79 Å². The number of aryl methyl sites for hydroxylation is 1. The topological polar surface area (TPSA) is 55.6 Å². The van der Waals surface area contributed by atoms with E-state index < -0.39 is 0 Å². The number of nitrogens with two attached hydrogens (primary N) is 1. The molecule has 1 heterocycles. The molecule has 2 aromatic carbocycles. The maximum atomic E-state index is 11.8. The fourth-order valence-corrected chi connectivity index (χ4v) is 3.15. The van der Waals surface area contributed by atoms with Crippen LogP contribution in [0.3, 0.4) is 0 Å². The highest BCUT2D eigenvalue weighted by Crippen LogP contribution is 2.24. The van der Waals surface area contributed by atoms with E-state index in [2.05, 4.69) is 30.0 Å². The third kappa shape index (κ3) is 3.90. The van der Waals surface area contributed by atoms with Crippen LogP contribution in [0.15, 0.2) is 54.6 Å². The van der Waals surface area contributed by atoms with E-state index in [1.165, 1.54) is 11.1 Å². The lowest BCUT2D eigenvalue weighted by atomic mass is 10.1. The highest BCUT2D eigenvalue weighted by Gasteiger charge is 2.36. The number of likely N-dealkylation sites (tertiary alicyclic amines) is 1. The van der Waals surface area contributed by atoms with Crippen molar-refractivity contribution in [1.82, 2.24) is 4.90 Å². The van der Waals surface area contributed by atoms with Gasteiger partial charge in [-0.05, 0) is 24.6 Å². The fourth-order valence-electron chi connectivity index (χ4n) is 3.15. The molecule has 1 saturated heterocycles. The third-order valence-electron chi connectivity index (χ3n) is 4.21. The van der Waals surface area contributed by atoms with E-state index in [1.807, 2.05) is 36.4 Å². The molecule has 0 aliphatic carbocycles. The van der Waals surface area contributed by atoms with Crippen LogP contribution < -0.4 is 10.5 Å². The number of carbonyl (C=O) groups is 1. The summed E-state index contributed by atoms with van der Waals surface area (Å²) in [6.45, 7) is 3.49. The number of rotatable bonds is 5. The van der Waals surface area contributed by atoms with Gasteiger partial charge in [-0.15, -0.1) is 0 Å². The molecule has 23 heavy (non-hydrogen) atoms. The molecule has 1 amide bonds. The Morgan fingerprint density at radius 1 is 1.22 bits per heavy atom. The van der Waals surface area contributed by atoms with Crippen molar-refractivity contribution >= 4 is 5.91 Å². The van der Waals surface area contributed by atoms with Crippen LogP contribution in [0.1, 0.15) is 17.5 Å². The largest absolute Gasteiger partial charge is 0.489 e. The Morgan fingerprint density at radius 2 is 2.00 bits per heavy atom. The summed E-state index contributed by atoms with van der Waals surface area (Å²) < 4.78 is 6.00. The average Bonchev–Trinajstić information content (AvgIpc) is 2.91. The molecule has 3 rings (SSSR count). The van der Waals surface area contributed by atoms with Crippen LogP contribution >= 0.6 is 0 Å². The van der Waals surface area contributed by atoms with E-state index >= 15 is 0 Å². The van der Waals surface area contributed by atoms with Crippen molar-refractivity contribution in [2.45, 2.75) is 32.0 Å². The molecule has 2 atom stereocenters. The van der Waals surface area contributed by atoms with Gasteiger partial charge in [0.25, 0.3) is 0 Å². The summed E-state index contributed by atoms with van der Waals surface area (Å²) in [5, 5.41) is 0. The normalized spacial score (nSPS) is 21.3. The fraction of sp³-hybridized carbons (Fsp3) is 0.316. The molecule has 4 nitrogen and oxygen atoms in total. The van der Waals surface area contributed by atoms with Crippen LogP contribution in [0, 0.1) is 6.92 Å². The van der Waals surface area contributed by atoms with Gasteiger partial charge in [-0.3, -0.25) is 9.69 Å². The van der Waals surface area contributed by atoms with Crippen LogP contribution in [0.5, 0.6) is 5.75 Å². The number of primary amides is 1. The second-order valence-corrected chi connectivity index (χ2v) is 6.13. The maximum absolute atomic E-state index is 11.8. The quantitative estimate of drug-likeness (QED) is 0.923. The molecule has 2 N–H and O–H groups in total. The molecule has 120 valence electrons. The van der Waals surface area contributed by atoms with Gasteiger partial charge in [-0.25, -0.2) is 0 Å². The standard InChI is InChI=1S/C19H22N2O2/c1-14-6-5-7-15(10-14)12-21-13-17(11-18(21)19(20)22)23-16-8-3-2-4-9-16/h2-10,17-18H,11-13H2,1H3,(H2,20,22). The zero-order chi connectivity index (χ0) is 16.2. The number of ether oxygens (including phenoxy) is 1. The number of amides is 1. The smallest absolute Gasteiger partial charge is 0.234 e. The summed E-state index contributed by atoms with van der Waals surface area (Å²) in [5.74, 6) is 0.551. The van der Waals surface area contributed by atoms with Gasteiger partial charge in [-0.1, -0.05) is 48.0 Å². The Morgan fingerprint density at radius 3 is 2.70 bits per heavy atom. The van der Waals surface area contributed by atoms with Gasteiger partial charge < -0.3 is 10.5 Å². The van der Waals surface area contributed by atoms with E-state index in [0.717, 1.165) is 5.75 Å². The number of para-hydroxylation sites is 1. The van der Waals surface area contributed by atoms with Gasteiger partial charge in [0, 0.05) is 19.5 Å². The van der Waals surface area contributed by atoms with Crippen molar-refractivity contribution in [3.63, 3.8) is 0 Å². The first-order chi connectivity index (χ1) is 11.1. The summed E-state index contributed by atoms with van der Waals surface area (Å²) in [6.07, 6.45) is 0.621. The predicted molar refractivity (Wildman–Crippen MR) is 90.0 cm³/mol. The summed E-state index contributed by atoms with van der Waals surface area (Å²) >= 11 is 0. The summed E-state index contributed by atoms with van der Waals surface area (Å²) in [7, 11) is 0.